The highest BCUT2D eigenvalue weighted by Gasteiger charge is 2.33. The lowest BCUT2D eigenvalue weighted by Gasteiger charge is -2.29. The normalized spacial score (nSPS) is 15.5. The largest absolute Gasteiger partial charge is 0.480 e. The van der Waals surface area contributed by atoms with E-state index in [9.17, 15) is 9.59 Å². The van der Waals surface area contributed by atoms with Gasteiger partial charge in [-0.05, 0) is 17.8 Å². The van der Waals surface area contributed by atoms with Crippen LogP contribution < -0.4 is 11.1 Å². The maximum atomic E-state index is 11.7. The average molecular weight is 244 g/mol. The standard InChI is InChI=1S/C12H24N2O3/c1-7(2)6-8(13)10(15)14-9(11(16)17)12(3,4)5/h7-9H,6,13H2,1-5H3,(H,14,15)(H,16,17)/t8-,9-/m1/s1. The lowest BCUT2D eigenvalue weighted by atomic mass is 9.86. The summed E-state index contributed by atoms with van der Waals surface area (Å²) in [4.78, 5) is 22.8. The summed E-state index contributed by atoms with van der Waals surface area (Å²) >= 11 is 0. The van der Waals surface area contributed by atoms with E-state index in [1.165, 1.54) is 0 Å². The van der Waals surface area contributed by atoms with E-state index >= 15 is 0 Å². The van der Waals surface area contributed by atoms with Crippen LogP contribution >= 0.6 is 0 Å². The van der Waals surface area contributed by atoms with Crippen LogP contribution in [0.3, 0.4) is 0 Å². The first-order valence-electron chi connectivity index (χ1n) is 5.84. The van der Waals surface area contributed by atoms with Crippen molar-refractivity contribution in [2.45, 2.75) is 53.1 Å². The molecule has 100 valence electrons. The number of rotatable bonds is 5. The van der Waals surface area contributed by atoms with Crippen molar-refractivity contribution in [3.05, 3.63) is 0 Å². The van der Waals surface area contributed by atoms with Gasteiger partial charge in [0.2, 0.25) is 5.91 Å². The molecule has 1 amide bonds. The maximum absolute atomic E-state index is 11.7. The van der Waals surface area contributed by atoms with Gasteiger partial charge in [0.15, 0.2) is 0 Å². The number of carbonyl (C=O) groups is 2. The summed E-state index contributed by atoms with van der Waals surface area (Å²) in [6.07, 6.45) is 0.544. The predicted molar refractivity (Wildman–Crippen MR) is 66.5 cm³/mol. The van der Waals surface area contributed by atoms with Crippen LogP contribution in [-0.2, 0) is 9.59 Å². The van der Waals surface area contributed by atoms with Crippen molar-refractivity contribution in [1.82, 2.24) is 5.32 Å². The van der Waals surface area contributed by atoms with E-state index in [1.807, 2.05) is 13.8 Å². The molecular formula is C12H24N2O3. The second-order valence-electron chi connectivity index (χ2n) is 5.88. The van der Waals surface area contributed by atoms with Gasteiger partial charge in [0, 0.05) is 0 Å². The first-order chi connectivity index (χ1) is 7.55. The van der Waals surface area contributed by atoms with Gasteiger partial charge in [-0.3, -0.25) is 4.79 Å². The minimum absolute atomic E-state index is 0.300. The number of amides is 1. The molecule has 0 spiro atoms. The molecule has 0 radical (unpaired) electrons. The lowest BCUT2D eigenvalue weighted by Crippen LogP contribution is -2.53. The molecule has 0 fully saturated rings. The zero-order valence-corrected chi connectivity index (χ0v) is 11.3. The van der Waals surface area contributed by atoms with Crippen LogP contribution in [0.5, 0.6) is 0 Å². The minimum atomic E-state index is -1.04. The summed E-state index contributed by atoms with van der Waals surface area (Å²) in [6.45, 7) is 9.22. The third-order valence-electron chi connectivity index (χ3n) is 2.46. The van der Waals surface area contributed by atoms with E-state index in [0.717, 1.165) is 0 Å². The zero-order valence-electron chi connectivity index (χ0n) is 11.3. The molecule has 2 atom stereocenters. The minimum Gasteiger partial charge on any atom is -0.480 e. The predicted octanol–water partition coefficient (Wildman–Crippen LogP) is 0.975. The molecule has 0 heterocycles. The molecule has 0 aromatic heterocycles. The van der Waals surface area contributed by atoms with Gasteiger partial charge >= 0.3 is 5.97 Å². The van der Waals surface area contributed by atoms with Gasteiger partial charge in [-0.25, -0.2) is 4.79 Å². The van der Waals surface area contributed by atoms with Gasteiger partial charge in [0.1, 0.15) is 6.04 Å². The number of aliphatic carboxylic acids is 1. The summed E-state index contributed by atoms with van der Waals surface area (Å²) in [5, 5.41) is 11.6. The van der Waals surface area contributed by atoms with Gasteiger partial charge in [0.05, 0.1) is 6.04 Å². The molecule has 0 saturated carbocycles. The average Bonchev–Trinajstić information content (AvgIpc) is 2.09. The molecule has 0 aliphatic rings. The summed E-state index contributed by atoms with van der Waals surface area (Å²) in [5.41, 5.74) is 5.16. The van der Waals surface area contributed by atoms with E-state index in [-0.39, 0.29) is 0 Å². The highest BCUT2D eigenvalue weighted by Crippen LogP contribution is 2.19. The van der Waals surface area contributed by atoms with E-state index in [1.54, 1.807) is 20.8 Å². The monoisotopic (exact) mass is 244 g/mol. The van der Waals surface area contributed by atoms with Crippen LogP contribution in [0.1, 0.15) is 41.0 Å². The van der Waals surface area contributed by atoms with Crippen LogP contribution in [0.2, 0.25) is 0 Å². The topological polar surface area (TPSA) is 92.4 Å². The number of nitrogens with one attached hydrogen (secondary N) is 1. The number of nitrogens with two attached hydrogens (primary N) is 1. The Bertz CT molecular complexity index is 282. The molecule has 0 unspecified atom stereocenters. The molecule has 5 nitrogen and oxygen atoms in total. The Morgan fingerprint density at radius 1 is 1.29 bits per heavy atom. The Balaban J connectivity index is 4.58. The Kier molecular flexibility index (Phi) is 5.61. The smallest absolute Gasteiger partial charge is 0.326 e. The molecule has 0 saturated heterocycles. The molecule has 0 aromatic carbocycles. The van der Waals surface area contributed by atoms with E-state index in [0.29, 0.717) is 12.3 Å². The first kappa shape index (κ1) is 15.9. The van der Waals surface area contributed by atoms with Crippen molar-refractivity contribution in [1.29, 1.82) is 0 Å². The van der Waals surface area contributed by atoms with Crippen molar-refractivity contribution in [3.8, 4) is 0 Å². The zero-order chi connectivity index (χ0) is 13.8. The van der Waals surface area contributed by atoms with Crippen molar-refractivity contribution < 1.29 is 14.7 Å². The number of carbonyl (C=O) groups excluding carboxylic acids is 1. The molecule has 0 aliphatic heterocycles. The molecule has 5 heteroatoms. The van der Waals surface area contributed by atoms with Gasteiger partial charge in [-0.15, -0.1) is 0 Å². The molecule has 0 bridgehead atoms. The third kappa shape index (κ3) is 5.68. The summed E-state index contributed by atoms with van der Waals surface area (Å²) < 4.78 is 0. The second kappa shape index (κ2) is 6.00. The fourth-order valence-electron chi connectivity index (χ4n) is 1.51. The SMILES string of the molecule is CC(C)C[C@@H](N)C(=O)N[C@H](C(=O)O)C(C)(C)C. The van der Waals surface area contributed by atoms with Crippen LogP contribution in [0.25, 0.3) is 0 Å². The van der Waals surface area contributed by atoms with E-state index < -0.39 is 29.4 Å². The number of carboxylic acid groups (broad SMARTS) is 1. The Morgan fingerprint density at radius 3 is 2.06 bits per heavy atom. The molecule has 17 heavy (non-hydrogen) atoms. The molecular weight excluding hydrogens is 220 g/mol. The molecule has 4 N–H and O–H groups in total. The highest BCUT2D eigenvalue weighted by molar-refractivity contribution is 5.87. The van der Waals surface area contributed by atoms with Gasteiger partial charge in [0.25, 0.3) is 0 Å². The fraction of sp³-hybridized carbons (Fsp3) is 0.833. The highest BCUT2D eigenvalue weighted by atomic mass is 16.4. The first-order valence-corrected chi connectivity index (χ1v) is 5.84. The van der Waals surface area contributed by atoms with Gasteiger partial charge in [-0.1, -0.05) is 34.6 Å². The molecule has 0 aliphatic carbocycles. The number of hydrogen-bond acceptors (Lipinski definition) is 3. The fourth-order valence-corrected chi connectivity index (χ4v) is 1.51. The van der Waals surface area contributed by atoms with E-state index in [4.69, 9.17) is 10.8 Å². The number of carboxylic acids is 1. The second-order valence-corrected chi connectivity index (χ2v) is 5.88. The van der Waals surface area contributed by atoms with E-state index in [2.05, 4.69) is 5.32 Å². The van der Waals surface area contributed by atoms with Crippen molar-refractivity contribution >= 4 is 11.9 Å². The Morgan fingerprint density at radius 2 is 1.76 bits per heavy atom. The van der Waals surface area contributed by atoms with Gasteiger partial charge in [-0.2, -0.15) is 0 Å². The number of hydrogen-bond donors (Lipinski definition) is 3. The molecule has 0 rings (SSSR count). The van der Waals surface area contributed by atoms with Crippen LogP contribution in [0, 0.1) is 11.3 Å². The van der Waals surface area contributed by atoms with Gasteiger partial charge < -0.3 is 16.2 Å². The Hall–Kier alpha value is -1.10. The molecule has 0 aromatic rings. The van der Waals surface area contributed by atoms with Crippen molar-refractivity contribution in [3.63, 3.8) is 0 Å². The third-order valence-corrected chi connectivity index (χ3v) is 2.46. The quantitative estimate of drug-likeness (QED) is 0.672. The maximum Gasteiger partial charge on any atom is 0.326 e. The van der Waals surface area contributed by atoms with Crippen LogP contribution in [0.4, 0.5) is 0 Å². The lowest BCUT2D eigenvalue weighted by molar-refractivity contribution is -0.145. The Labute approximate surface area is 103 Å². The summed E-state index contributed by atoms with van der Waals surface area (Å²) in [5.74, 6) is -1.14. The summed E-state index contributed by atoms with van der Waals surface area (Å²) in [7, 11) is 0. The van der Waals surface area contributed by atoms with Crippen LogP contribution in [0.15, 0.2) is 0 Å². The van der Waals surface area contributed by atoms with Crippen molar-refractivity contribution in [2.24, 2.45) is 17.1 Å². The summed E-state index contributed by atoms with van der Waals surface area (Å²) in [6, 6.07) is -1.58. The van der Waals surface area contributed by atoms with Crippen LogP contribution in [-0.4, -0.2) is 29.1 Å². The van der Waals surface area contributed by atoms with Crippen molar-refractivity contribution in [2.75, 3.05) is 0 Å².